The molecule has 8 nitrogen and oxygen atoms in total. The van der Waals surface area contributed by atoms with Crippen molar-refractivity contribution in [2.45, 2.75) is 37.8 Å². The molecule has 2 atom stereocenters. The summed E-state index contributed by atoms with van der Waals surface area (Å²) in [6, 6.07) is 9.27. The number of hydrogen-bond donors (Lipinski definition) is 3. The molecule has 1 aromatic heterocycles. The van der Waals surface area contributed by atoms with Crippen molar-refractivity contribution in [1.82, 2.24) is 25.4 Å². The summed E-state index contributed by atoms with van der Waals surface area (Å²) in [6.45, 7) is 5.72. The van der Waals surface area contributed by atoms with Crippen LogP contribution in [0.1, 0.15) is 46.4 Å². The zero-order valence-electron chi connectivity index (χ0n) is 20.0. The summed E-state index contributed by atoms with van der Waals surface area (Å²) in [5.41, 5.74) is 9.05. The number of pyridine rings is 1. The average molecular weight is 465 g/mol. The number of carbonyl (C=O) groups excluding carboxylic acids is 2. The summed E-state index contributed by atoms with van der Waals surface area (Å²) in [6.07, 6.45) is 7.38. The lowest BCUT2D eigenvalue weighted by Crippen LogP contribution is -2.49. The van der Waals surface area contributed by atoms with Crippen molar-refractivity contribution in [1.29, 1.82) is 0 Å². The van der Waals surface area contributed by atoms with E-state index < -0.39 is 0 Å². The topological polar surface area (TPSA) is 104 Å². The Morgan fingerprint density at radius 2 is 1.71 bits per heavy atom. The number of rotatable bonds is 7. The third-order valence-corrected chi connectivity index (χ3v) is 6.93. The maximum atomic E-state index is 12.8. The van der Waals surface area contributed by atoms with Crippen LogP contribution in [-0.4, -0.2) is 85.0 Å². The number of nitrogens with zero attached hydrogens (tertiary/aromatic N) is 3. The van der Waals surface area contributed by atoms with E-state index in [1.54, 1.807) is 12.4 Å². The van der Waals surface area contributed by atoms with Crippen LogP contribution in [0.5, 0.6) is 0 Å². The minimum absolute atomic E-state index is 0.00842. The van der Waals surface area contributed by atoms with Gasteiger partial charge in [-0.05, 0) is 43.7 Å². The quantitative estimate of drug-likeness (QED) is 0.577. The normalized spacial score (nSPS) is 21.7. The van der Waals surface area contributed by atoms with Crippen molar-refractivity contribution < 1.29 is 9.59 Å². The molecule has 0 bridgehead atoms. The summed E-state index contributed by atoms with van der Waals surface area (Å²) in [7, 11) is 2.14. The molecule has 1 aliphatic heterocycles. The fraction of sp³-hybridized carbons (Fsp3) is 0.500. The second kappa shape index (κ2) is 11.6. The average Bonchev–Trinajstić information content (AvgIpc) is 2.87. The van der Waals surface area contributed by atoms with Gasteiger partial charge in [-0.25, -0.2) is 0 Å². The Balaban J connectivity index is 1.31. The zero-order valence-corrected chi connectivity index (χ0v) is 20.0. The Kier molecular flexibility index (Phi) is 8.26. The highest BCUT2D eigenvalue weighted by Crippen LogP contribution is 2.21. The van der Waals surface area contributed by atoms with Gasteiger partial charge in [-0.15, -0.1) is 0 Å². The first-order chi connectivity index (χ1) is 16.5. The molecule has 8 heteroatoms. The predicted molar refractivity (Wildman–Crippen MR) is 134 cm³/mol. The Morgan fingerprint density at radius 1 is 0.971 bits per heavy atom. The SMILES string of the molecule is CN1CCN(CCNC(=O)c2ccc(-c3cncc(C(=O)NC4CCCCC4N)c3)cc2)CC1. The molecule has 2 amide bonds. The van der Waals surface area contributed by atoms with E-state index in [4.69, 9.17) is 5.73 Å². The van der Waals surface area contributed by atoms with Crippen LogP contribution in [0.3, 0.4) is 0 Å². The van der Waals surface area contributed by atoms with Gasteiger partial charge in [-0.1, -0.05) is 25.0 Å². The van der Waals surface area contributed by atoms with Crippen LogP contribution < -0.4 is 16.4 Å². The van der Waals surface area contributed by atoms with Gasteiger partial charge in [0.05, 0.1) is 5.56 Å². The number of nitrogens with one attached hydrogen (secondary N) is 2. The van der Waals surface area contributed by atoms with Crippen molar-refractivity contribution in [3.05, 3.63) is 53.9 Å². The Labute approximate surface area is 201 Å². The minimum atomic E-state index is -0.145. The van der Waals surface area contributed by atoms with Crippen LogP contribution in [0.25, 0.3) is 11.1 Å². The largest absolute Gasteiger partial charge is 0.351 e. The van der Waals surface area contributed by atoms with E-state index in [0.29, 0.717) is 17.7 Å². The van der Waals surface area contributed by atoms with Crippen LogP contribution in [-0.2, 0) is 0 Å². The molecular weight excluding hydrogens is 428 g/mol. The van der Waals surface area contributed by atoms with Crippen LogP contribution in [0.2, 0.25) is 0 Å². The number of aromatic nitrogens is 1. The molecule has 1 saturated heterocycles. The highest BCUT2D eigenvalue weighted by Gasteiger charge is 2.24. The molecule has 1 saturated carbocycles. The van der Waals surface area contributed by atoms with Gasteiger partial charge in [-0.3, -0.25) is 19.5 Å². The molecule has 4 N–H and O–H groups in total. The fourth-order valence-corrected chi connectivity index (χ4v) is 4.63. The van der Waals surface area contributed by atoms with Gasteiger partial charge in [0.25, 0.3) is 11.8 Å². The number of nitrogens with two attached hydrogens (primary N) is 1. The first-order valence-electron chi connectivity index (χ1n) is 12.3. The standard InChI is InChI=1S/C26H36N6O2/c1-31-12-14-32(15-13-31)11-10-29-25(33)20-8-6-19(7-9-20)21-16-22(18-28-17-21)26(34)30-24-5-3-2-4-23(24)27/h6-9,16-18,23-24H,2-5,10-15,27H2,1H3,(H,29,33)(H,30,34). The zero-order chi connectivity index (χ0) is 23.9. The van der Waals surface area contributed by atoms with Crippen molar-refractivity contribution in [2.75, 3.05) is 46.3 Å². The Morgan fingerprint density at radius 3 is 2.44 bits per heavy atom. The number of amides is 2. The maximum absolute atomic E-state index is 12.8. The molecule has 2 aromatic rings. The van der Waals surface area contributed by atoms with Gasteiger partial charge in [0, 0.05) is 74.9 Å². The van der Waals surface area contributed by atoms with Crippen molar-refractivity contribution >= 4 is 11.8 Å². The molecule has 2 unspecified atom stereocenters. The molecule has 0 spiro atoms. The molecule has 4 rings (SSSR count). The summed E-state index contributed by atoms with van der Waals surface area (Å²) in [5, 5.41) is 6.08. The van der Waals surface area contributed by atoms with Crippen LogP contribution in [0, 0.1) is 0 Å². The van der Waals surface area contributed by atoms with E-state index in [0.717, 1.165) is 69.5 Å². The van der Waals surface area contributed by atoms with Crippen molar-refractivity contribution in [3.8, 4) is 11.1 Å². The highest BCUT2D eigenvalue weighted by molar-refractivity contribution is 5.96. The Bertz CT molecular complexity index is 972. The summed E-state index contributed by atoms with van der Waals surface area (Å²) >= 11 is 0. The number of likely N-dealkylation sites (N-methyl/N-ethyl adjacent to an activating group) is 1. The molecule has 0 radical (unpaired) electrons. The Hall–Kier alpha value is -2.81. The smallest absolute Gasteiger partial charge is 0.253 e. The lowest BCUT2D eigenvalue weighted by atomic mass is 9.91. The molecule has 34 heavy (non-hydrogen) atoms. The lowest BCUT2D eigenvalue weighted by Gasteiger charge is -2.32. The van der Waals surface area contributed by atoms with Crippen LogP contribution in [0.15, 0.2) is 42.7 Å². The fourth-order valence-electron chi connectivity index (χ4n) is 4.63. The van der Waals surface area contributed by atoms with Gasteiger partial charge in [0.2, 0.25) is 0 Å². The van der Waals surface area contributed by atoms with E-state index in [2.05, 4.69) is 32.5 Å². The van der Waals surface area contributed by atoms with E-state index in [9.17, 15) is 9.59 Å². The third kappa shape index (κ3) is 6.40. The molecule has 2 aliphatic rings. The van der Waals surface area contributed by atoms with Crippen LogP contribution in [0.4, 0.5) is 0 Å². The third-order valence-electron chi connectivity index (χ3n) is 6.93. The van der Waals surface area contributed by atoms with Gasteiger partial charge < -0.3 is 21.3 Å². The van der Waals surface area contributed by atoms with Crippen molar-refractivity contribution in [2.24, 2.45) is 5.73 Å². The van der Waals surface area contributed by atoms with E-state index in [1.165, 1.54) is 0 Å². The highest BCUT2D eigenvalue weighted by atomic mass is 16.2. The summed E-state index contributed by atoms with van der Waals surface area (Å²) < 4.78 is 0. The molecule has 182 valence electrons. The number of benzene rings is 1. The molecule has 2 fully saturated rings. The van der Waals surface area contributed by atoms with Crippen LogP contribution >= 0.6 is 0 Å². The molecule has 2 heterocycles. The first-order valence-corrected chi connectivity index (χ1v) is 12.3. The second-order valence-corrected chi connectivity index (χ2v) is 9.47. The van der Waals surface area contributed by atoms with E-state index in [-0.39, 0.29) is 23.9 Å². The van der Waals surface area contributed by atoms with Gasteiger partial charge in [0.1, 0.15) is 0 Å². The van der Waals surface area contributed by atoms with E-state index >= 15 is 0 Å². The monoisotopic (exact) mass is 464 g/mol. The van der Waals surface area contributed by atoms with Gasteiger partial charge in [0.15, 0.2) is 0 Å². The lowest BCUT2D eigenvalue weighted by molar-refractivity contribution is 0.0918. The molecule has 1 aliphatic carbocycles. The summed E-state index contributed by atoms with van der Waals surface area (Å²) in [4.78, 5) is 34.2. The second-order valence-electron chi connectivity index (χ2n) is 9.47. The minimum Gasteiger partial charge on any atom is -0.351 e. The van der Waals surface area contributed by atoms with Gasteiger partial charge >= 0.3 is 0 Å². The van der Waals surface area contributed by atoms with Gasteiger partial charge in [-0.2, -0.15) is 0 Å². The number of hydrogen-bond acceptors (Lipinski definition) is 6. The number of carbonyl (C=O) groups is 2. The van der Waals surface area contributed by atoms with Crippen molar-refractivity contribution in [3.63, 3.8) is 0 Å². The molecule has 1 aromatic carbocycles. The summed E-state index contributed by atoms with van der Waals surface area (Å²) in [5.74, 6) is -0.219. The predicted octanol–water partition coefficient (Wildman–Crippen LogP) is 1.73. The molecular formula is C26H36N6O2. The maximum Gasteiger partial charge on any atom is 0.253 e. The first kappa shape index (κ1) is 24.3. The number of piperazine rings is 1. The van der Waals surface area contributed by atoms with E-state index in [1.807, 2.05) is 30.3 Å².